The Morgan fingerprint density at radius 3 is 2.46 bits per heavy atom. The quantitative estimate of drug-likeness (QED) is 0.763. The Morgan fingerprint density at radius 2 is 1.82 bits per heavy atom. The molecule has 1 N–H and O–H groups in total. The van der Waals surface area contributed by atoms with E-state index in [0.717, 1.165) is 25.7 Å². The minimum Gasteiger partial charge on any atom is -0.481 e. The topological polar surface area (TPSA) is 71.4 Å². The molecule has 0 aliphatic heterocycles. The molecule has 0 spiro atoms. The molecule has 4 nitrogen and oxygen atoms in total. The molecular formula is C24H32O4. The molecule has 4 aliphatic rings. The third-order valence-corrected chi connectivity index (χ3v) is 9.32. The van der Waals surface area contributed by atoms with E-state index in [9.17, 15) is 19.5 Å². The molecule has 0 saturated heterocycles. The molecular weight excluding hydrogens is 352 g/mol. The highest BCUT2D eigenvalue weighted by atomic mass is 16.4. The summed E-state index contributed by atoms with van der Waals surface area (Å²) in [6.45, 7) is 8.23. The fourth-order valence-corrected chi connectivity index (χ4v) is 7.80. The summed E-state index contributed by atoms with van der Waals surface area (Å²) in [5.41, 5.74) is 1.44. The lowest BCUT2D eigenvalue weighted by Gasteiger charge is -2.58. The molecule has 28 heavy (non-hydrogen) atoms. The molecule has 0 bridgehead atoms. The van der Waals surface area contributed by atoms with Gasteiger partial charge in [0, 0.05) is 11.8 Å². The lowest BCUT2D eigenvalue weighted by atomic mass is 9.45. The van der Waals surface area contributed by atoms with Gasteiger partial charge in [0.15, 0.2) is 5.78 Å². The van der Waals surface area contributed by atoms with E-state index in [1.54, 1.807) is 6.92 Å². The van der Waals surface area contributed by atoms with Gasteiger partial charge in [0.05, 0.1) is 6.42 Å². The van der Waals surface area contributed by atoms with Gasteiger partial charge in [-0.05, 0) is 86.2 Å². The van der Waals surface area contributed by atoms with Gasteiger partial charge in [-0.25, -0.2) is 0 Å². The first-order chi connectivity index (χ1) is 13.0. The van der Waals surface area contributed by atoms with Gasteiger partial charge >= 0.3 is 5.97 Å². The maximum absolute atomic E-state index is 12.8. The van der Waals surface area contributed by atoms with E-state index in [-0.39, 0.29) is 28.8 Å². The molecule has 0 amide bonds. The minimum absolute atomic E-state index is 0.0208. The van der Waals surface area contributed by atoms with Crippen LogP contribution in [0.15, 0.2) is 23.3 Å². The number of hydrogen-bond donors (Lipinski definition) is 1. The minimum atomic E-state index is -0.863. The first-order valence-corrected chi connectivity index (χ1v) is 10.7. The molecule has 0 unspecified atom stereocenters. The molecule has 4 aliphatic carbocycles. The van der Waals surface area contributed by atoms with Crippen molar-refractivity contribution in [2.45, 2.75) is 72.6 Å². The Labute approximate surface area is 167 Å². The number of allylic oxidation sites excluding steroid dienone is 4. The summed E-state index contributed by atoms with van der Waals surface area (Å²) in [5, 5.41) is 9.58. The van der Waals surface area contributed by atoms with Crippen LogP contribution < -0.4 is 0 Å². The van der Waals surface area contributed by atoms with Crippen LogP contribution in [0, 0.1) is 34.0 Å². The van der Waals surface area contributed by atoms with Gasteiger partial charge in [0.1, 0.15) is 5.78 Å². The fraction of sp³-hybridized carbons (Fsp3) is 0.708. The Kier molecular flexibility index (Phi) is 4.30. The monoisotopic (exact) mass is 384 g/mol. The Bertz CT molecular complexity index is 820. The number of carboxylic acid groups (broad SMARTS) is 1. The fourth-order valence-electron chi connectivity index (χ4n) is 7.80. The highest BCUT2D eigenvalue weighted by Crippen LogP contribution is 2.70. The van der Waals surface area contributed by atoms with E-state index in [1.165, 1.54) is 11.1 Å². The molecule has 4 rings (SSSR count). The Morgan fingerprint density at radius 1 is 1.14 bits per heavy atom. The lowest BCUT2D eigenvalue weighted by Crippen LogP contribution is -2.54. The summed E-state index contributed by atoms with van der Waals surface area (Å²) < 4.78 is 0. The summed E-state index contributed by atoms with van der Waals surface area (Å²) in [6.07, 6.45) is 9.20. The van der Waals surface area contributed by atoms with Gasteiger partial charge < -0.3 is 5.11 Å². The highest BCUT2D eigenvalue weighted by Gasteiger charge is 2.65. The zero-order valence-corrected chi connectivity index (χ0v) is 17.5. The van der Waals surface area contributed by atoms with Crippen LogP contribution in [0.25, 0.3) is 0 Å². The number of ketones is 2. The average Bonchev–Trinajstić information content (AvgIpc) is 2.90. The van der Waals surface area contributed by atoms with Crippen LogP contribution in [-0.2, 0) is 14.4 Å². The zero-order valence-electron chi connectivity index (χ0n) is 17.5. The van der Waals surface area contributed by atoms with E-state index in [1.807, 2.05) is 6.08 Å². The van der Waals surface area contributed by atoms with Crippen molar-refractivity contribution < 1.29 is 19.5 Å². The van der Waals surface area contributed by atoms with E-state index >= 15 is 0 Å². The van der Waals surface area contributed by atoms with Crippen LogP contribution in [0.2, 0.25) is 0 Å². The van der Waals surface area contributed by atoms with Crippen LogP contribution in [0.4, 0.5) is 0 Å². The second kappa shape index (κ2) is 6.14. The van der Waals surface area contributed by atoms with E-state index in [2.05, 4.69) is 26.8 Å². The SMILES string of the molecule is CC(=O)[C@@]1(CC(=O)O)CC[C@H]2[C@@H]3C=C(C)C4=CC(=O)CC[C@]4(C)[C@H]3CC[C@@]21C. The zero-order chi connectivity index (χ0) is 20.5. The van der Waals surface area contributed by atoms with Crippen LogP contribution in [0.1, 0.15) is 72.6 Å². The van der Waals surface area contributed by atoms with Gasteiger partial charge in [0.25, 0.3) is 0 Å². The van der Waals surface area contributed by atoms with Gasteiger partial charge in [-0.2, -0.15) is 0 Å². The number of aliphatic carboxylic acids is 1. The highest BCUT2D eigenvalue weighted by molar-refractivity contribution is 5.92. The first kappa shape index (κ1) is 19.6. The third kappa shape index (κ3) is 2.39. The van der Waals surface area contributed by atoms with Crippen molar-refractivity contribution in [1.82, 2.24) is 0 Å². The molecule has 0 aromatic heterocycles. The number of carboxylic acids is 1. The van der Waals surface area contributed by atoms with E-state index in [4.69, 9.17) is 0 Å². The van der Waals surface area contributed by atoms with Crippen molar-refractivity contribution in [1.29, 1.82) is 0 Å². The van der Waals surface area contributed by atoms with Gasteiger partial charge in [-0.15, -0.1) is 0 Å². The van der Waals surface area contributed by atoms with Gasteiger partial charge in [-0.3, -0.25) is 14.4 Å². The summed E-state index contributed by atoms with van der Waals surface area (Å²) in [5.74, 6) is 0.588. The summed E-state index contributed by atoms with van der Waals surface area (Å²) in [4.78, 5) is 36.5. The second-order valence-corrected chi connectivity index (χ2v) is 10.3. The smallest absolute Gasteiger partial charge is 0.304 e. The number of Topliss-reactive ketones (excluding diaryl/α,β-unsaturated/α-hetero) is 1. The van der Waals surface area contributed by atoms with Gasteiger partial charge in [-0.1, -0.05) is 25.5 Å². The molecule has 0 aromatic carbocycles. The average molecular weight is 385 g/mol. The summed E-state index contributed by atoms with van der Waals surface area (Å²) in [6, 6.07) is 0. The van der Waals surface area contributed by atoms with Crippen molar-refractivity contribution in [2.24, 2.45) is 34.0 Å². The molecule has 0 radical (unpaired) electrons. The molecule has 0 aromatic rings. The predicted molar refractivity (Wildman–Crippen MR) is 107 cm³/mol. The Balaban J connectivity index is 1.79. The predicted octanol–water partition coefficient (Wildman–Crippen LogP) is 4.73. The lowest BCUT2D eigenvalue weighted by molar-refractivity contribution is -0.153. The maximum atomic E-state index is 12.8. The van der Waals surface area contributed by atoms with Gasteiger partial charge in [0.2, 0.25) is 0 Å². The van der Waals surface area contributed by atoms with E-state index < -0.39 is 11.4 Å². The summed E-state index contributed by atoms with van der Waals surface area (Å²) >= 11 is 0. The van der Waals surface area contributed by atoms with Crippen molar-refractivity contribution in [3.8, 4) is 0 Å². The maximum Gasteiger partial charge on any atom is 0.304 e. The van der Waals surface area contributed by atoms with Crippen molar-refractivity contribution >= 4 is 17.5 Å². The molecule has 152 valence electrons. The molecule has 4 heteroatoms. The number of carbonyl (C=O) groups is 3. The Hall–Kier alpha value is -1.71. The number of hydrogen-bond acceptors (Lipinski definition) is 3. The molecule has 0 heterocycles. The molecule has 2 fully saturated rings. The van der Waals surface area contributed by atoms with Crippen LogP contribution in [0.3, 0.4) is 0 Å². The van der Waals surface area contributed by atoms with E-state index in [0.29, 0.717) is 30.6 Å². The normalized spacial score (nSPS) is 44.7. The second-order valence-electron chi connectivity index (χ2n) is 10.3. The van der Waals surface area contributed by atoms with Crippen LogP contribution >= 0.6 is 0 Å². The molecule has 6 atom stereocenters. The third-order valence-electron chi connectivity index (χ3n) is 9.32. The molecule has 2 saturated carbocycles. The van der Waals surface area contributed by atoms with Crippen molar-refractivity contribution in [3.63, 3.8) is 0 Å². The largest absolute Gasteiger partial charge is 0.481 e. The number of rotatable bonds is 3. The standard InChI is InChI=1S/C24H32O4/c1-14-11-17-18(22(3)8-5-16(26)12-20(14)22)6-9-23(4)19(17)7-10-24(23,15(2)25)13-21(27)28/h11-12,17-19H,5-10,13H2,1-4H3,(H,27,28)/t17-,18+,19+,22-,23+,24+/m1/s1. The number of fused-ring (bicyclic) bond motifs is 5. The van der Waals surface area contributed by atoms with Crippen molar-refractivity contribution in [3.05, 3.63) is 23.3 Å². The van der Waals surface area contributed by atoms with Crippen LogP contribution in [0.5, 0.6) is 0 Å². The van der Waals surface area contributed by atoms with Crippen molar-refractivity contribution in [2.75, 3.05) is 0 Å². The van der Waals surface area contributed by atoms with Crippen LogP contribution in [-0.4, -0.2) is 22.6 Å². The first-order valence-electron chi connectivity index (χ1n) is 10.7. The number of carbonyl (C=O) groups excluding carboxylic acids is 2. The summed E-state index contributed by atoms with van der Waals surface area (Å²) in [7, 11) is 0.